The van der Waals surface area contributed by atoms with Gasteiger partial charge in [0.15, 0.2) is 5.71 Å². The van der Waals surface area contributed by atoms with Crippen molar-refractivity contribution in [3.05, 3.63) is 30.3 Å². The Balaban J connectivity index is 2.74. The lowest BCUT2D eigenvalue weighted by Crippen LogP contribution is -2.20. The second kappa shape index (κ2) is 7.00. The summed E-state index contributed by atoms with van der Waals surface area (Å²) in [6, 6.07) is 9.06. The molecule has 0 radical (unpaired) electrons. The van der Waals surface area contributed by atoms with Gasteiger partial charge in [0.05, 0.1) is 12.3 Å². The summed E-state index contributed by atoms with van der Waals surface area (Å²) in [5, 5.41) is 14.9. The molecule has 0 aliphatic carbocycles. The highest BCUT2D eigenvalue weighted by atomic mass is 16.5. The number of anilines is 1. The van der Waals surface area contributed by atoms with Crippen LogP contribution in [-0.4, -0.2) is 29.7 Å². The third-order valence-electron chi connectivity index (χ3n) is 1.74. The number of esters is 1. The Bertz CT molecular complexity index is 415. The van der Waals surface area contributed by atoms with Crippen molar-refractivity contribution in [2.75, 3.05) is 12.0 Å². The molecule has 6 nitrogen and oxygen atoms in total. The van der Waals surface area contributed by atoms with Gasteiger partial charge in [-0.3, -0.25) is 5.43 Å². The van der Waals surface area contributed by atoms with Crippen molar-refractivity contribution >= 4 is 23.6 Å². The van der Waals surface area contributed by atoms with Gasteiger partial charge in [0, 0.05) is 0 Å². The van der Waals surface area contributed by atoms with Crippen molar-refractivity contribution in [2.45, 2.75) is 6.92 Å². The molecular weight excluding hydrogens is 222 g/mol. The fourth-order valence-electron chi connectivity index (χ4n) is 1.02. The number of hydrogen-bond donors (Lipinski definition) is 2. The minimum absolute atomic E-state index is 0.113. The Kier molecular flexibility index (Phi) is 5.23. The summed E-state index contributed by atoms with van der Waals surface area (Å²) < 4.78 is 4.73. The van der Waals surface area contributed by atoms with E-state index >= 15 is 0 Å². The molecule has 1 aromatic rings. The molecule has 0 saturated heterocycles. The van der Waals surface area contributed by atoms with Crippen LogP contribution in [0, 0.1) is 0 Å². The van der Waals surface area contributed by atoms with Crippen LogP contribution in [0.15, 0.2) is 40.6 Å². The molecule has 90 valence electrons. The third kappa shape index (κ3) is 4.33. The monoisotopic (exact) mass is 235 g/mol. The number of para-hydroxylation sites is 1. The highest BCUT2D eigenvalue weighted by Gasteiger charge is 2.10. The number of ether oxygens (including phenoxy) is 1. The van der Waals surface area contributed by atoms with Gasteiger partial charge in [-0.2, -0.15) is 5.10 Å². The second-order valence-corrected chi connectivity index (χ2v) is 2.94. The molecule has 2 N–H and O–H groups in total. The number of nitrogens with one attached hydrogen (secondary N) is 1. The number of hydrazone groups is 1. The Labute approximate surface area is 98.6 Å². The van der Waals surface area contributed by atoms with Crippen LogP contribution in [0.1, 0.15) is 6.92 Å². The normalized spacial score (nSPS) is 11.5. The van der Waals surface area contributed by atoms with Crippen LogP contribution in [0.25, 0.3) is 0 Å². The molecule has 0 saturated carbocycles. The molecular formula is C11H13N3O3. The minimum Gasteiger partial charge on any atom is -0.461 e. The largest absolute Gasteiger partial charge is 0.461 e. The predicted octanol–water partition coefficient (Wildman–Crippen LogP) is 1.48. The lowest BCUT2D eigenvalue weighted by Gasteiger charge is -2.02. The fourth-order valence-corrected chi connectivity index (χ4v) is 1.02. The van der Waals surface area contributed by atoms with E-state index in [0.717, 1.165) is 6.21 Å². The van der Waals surface area contributed by atoms with Gasteiger partial charge in [-0.05, 0) is 19.1 Å². The summed E-state index contributed by atoms with van der Waals surface area (Å²) in [6.45, 7) is 1.90. The van der Waals surface area contributed by atoms with Crippen molar-refractivity contribution in [3.63, 3.8) is 0 Å². The first kappa shape index (κ1) is 12.7. The van der Waals surface area contributed by atoms with E-state index in [0.29, 0.717) is 5.69 Å². The van der Waals surface area contributed by atoms with Crippen LogP contribution in [0.2, 0.25) is 0 Å². The standard InChI is InChI=1S/C11H13N3O3/c1-2-17-11(15)10(8-12-16)14-13-9-6-4-3-5-7-9/h3-8,13,16H,2H2,1H3. The average Bonchev–Trinajstić information content (AvgIpc) is 2.36. The van der Waals surface area contributed by atoms with Gasteiger partial charge >= 0.3 is 5.97 Å². The number of benzene rings is 1. The Morgan fingerprint density at radius 2 is 2.18 bits per heavy atom. The molecule has 1 rings (SSSR count). The molecule has 0 spiro atoms. The number of nitrogens with zero attached hydrogens (tertiary/aromatic N) is 2. The van der Waals surface area contributed by atoms with E-state index in [9.17, 15) is 4.79 Å². The Morgan fingerprint density at radius 3 is 2.76 bits per heavy atom. The van der Waals surface area contributed by atoms with Gasteiger partial charge in [-0.15, -0.1) is 0 Å². The zero-order chi connectivity index (χ0) is 12.5. The molecule has 0 aliphatic heterocycles. The van der Waals surface area contributed by atoms with Crippen LogP contribution in [-0.2, 0) is 9.53 Å². The molecule has 0 heterocycles. The fraction of sp³-hybridized carbons (Fsp3) is 0.182. The van der Waals surface area contributed by atoms with Gasteiger partial charge in [-0.25, -0.2) is 4.79 Å². The van der Waals surface area contributed by atoms with Crippen LogP contribution in [0.3, 0.4) is 0 Å². The SMILES string of the molecule is CCOC(=O)C(C=NO)=NNc1ccccc1. The second-order valence-electron chi connectivity index (χ2n) is 2.94. The summed E-state index contributed by atoms with van der Waals surface area (Å²) >= 11 is 0. The number of carbonyl (C=O) groups is 1. The zero-order valence-electron chi connectivity index (χ0n) is 9.33. The number of hydrogen-bond acceptors (Lipinski definition) is 6. The van der Waals surface area contributed by atoms with E-state index in [4.69, 9.17) is 9.94 Å². The van der Waals surface area contributed by atoms with Gasteiger partial charge in [0.2, 0.25) is 0 Å². The minimum atomic E-state index is -0.659. The van der Waals surface area contributed by atoms with Crippen LogP contribution in [0.5, 0.6) is 0 Å². The first-order chi connectivity index (χ1) is 8.27. The van der Waals surface area contributed by atoms with Crippen LogP contribution < -0.4 is 5.43 Å². The Morgan fingerprint density at radius 1 is 1.47 bits per heavy atom. The first-order valence-electron chi connectivity index (χ1n) is 5.01. The Hall–Kier alpha value is -2.37. The summed E-state index contributed by atoms with van der Waals surface area (Å²) in [7, 11) is 0. The number of oxime groups is 1. The summed E-state index contributed by atoms with van der Waals surface area (Å²) in [6.07, 6.45) is 0.911. The van der Waals surface area contributed by atoms with Crippen molar-refractivity contribution in [3.8, 4) is 0 Å². The van der Waals surface area contributed by atoms with E-state index in [2.05, 4.69) is 15.7 Å². The molecule has 0 aromatic heterocycles. The summed E-state index contributed by atoms with van der Waals surface area (Å²) in [5.74, 6) is -0.659. The lowest BCUT2D eigenvalue weighted by molar-refractivity contribution is -0.134. The topological polar surface area (TPSA) is 83.3 Å². The summed E-state index contributed by atoms with van der Waals surface area (Å²) in [4.78, 5) is 11.4. The van der Waals surface area contributed by atoms with E-state index in [1.165, 1.54) is 0 Å². The van der Waals surface area contributed by atoms with Crippen molar-refractivity contribution in [1.29, 1.82) is 0 Å². The van der Waals surface area contributed by atoms with Gasteiger partial charge in [0.25, 0.3) is 0 Å². The molecule has 6 heteroatoms. The van der Waals surface area contributed by atoms with Gasteiger partial charge in [-0.1, -0.05) is 23.4 Å². The van der Waals surface area contributed by atoms with E-state index in [1.54, 1.807) is 19.1 Å². The zero-order valence-corrected chi connectivity index (χ0v) is 9.33. The lowest BCUT2D eigenvalue weighted by atomic mass is 10.3. The van der Waals surface area contributed by atoms with Crippen molar-refractivity contribution in [2.24, 2.45) is 10.3 Å². The molecule has 0 fully saturated rings. The number of rotatable bonds is 5. The molecule has 0 unspecified atom stereocenters. The predicted molar refractivity (Wildman–Crippen MR) is 64.4 cm³/mol. The van der Waals surface area contributed by atoms with E-state index in [1.807, 2.05) is 18.2 Å². The average molecular weight is 235 g/mol. The van der Waals surface area contributed by atoms with E-state index in [-0.39, 0.29) is 12.3 Å². The molecule has 0 amide bonds. The molecule has 1 aromatic carbocycles. The van der Waals surface area contributed by atoms with Gasteiger partial charge < -0.3 is 9.94 Å². The number of carbonyl (C=O) groups excluding carboxylic acids is 1. The molecule has 0 atom stereocenters. The van der Waals surface area contributed by atoms with Gasteiger partial charge in [0.1, 0.15) is 6.21 Å². The quantitative estimate of drug-likeness (QED) is 0.350. The molecule has 0 aliphatic rings. The van der Waals surface area contributed by atoms with Crippen molar-refractivity contribution in [1.82, 2.24) is 0 Å². The highest BCUT2D eigenvalue weighted by Crippen LogP contribution is 2.04. The maximum absolute atomic E-state index is 11.4. The van der Waals surface area contributed by atoms with Crippen LogP contribution >= 0.6 is 0 Å². The van der Waals surface area contributed by atoms with E-state index < -0.39 is 5.97 Å². The van der Waals surface area contributed by atoms with Crippen LogP contribution in [0.4, 0.5) is 5.69 Å². The maximum Gasteiger partial charge on any atom is 0.360 e. The smallest absolute Gasteiger partial charge is 0.360 e. The van der Waals surface area contributed by atoms with Crippen molar-refractivity contribution < 1.29 is 14.7 Å². The third-order valence-corrected chi connectivity index (χ3v) is 1.74. The summed E-state index contributed by atoms with van der Waals surface area (Å²) in [5.41, 5.74) is 3.25. The maximum atomic E-state index is 11.4. The first-order valence-corrected chi connectivity index (χ1v) is 5.01. The highest BCUT2D eigenvalue weighted by molar-refractivity contribution is 6.59. The molecule has 17 heavy (non-hydrogen) atoms. The molecule has 0 bridgehead atoms.